The highest BCUT2D eigenvalue weighted by atomic mass is 16.5. The number of nitrogens with one attached hydrogen (secondary N) is 2. The van der Waals surface area contributed by atoms with E-state index in [0.29, 0.717) is 24.5 Å². The maximum atomic E-state index is 12.8. The molecule has 2 amide bonds. The zero-order valence-corrected chi connectivity index (χ0v) is 19.2. The summed E-state index contributed by atoms with van der Waals surface area (Å²) >= 11 is 0. The monoisotopic (exact) mass is 446 g/mol. The van der Waals surface area contributed by atoms with Crippen molar-refractivity contribution in [3.63, 3.8) is 0 Å². The Bertz CT molecular complexity index is 1070. The lowest BCUT2D eigenvalue weighted by Gasteiger charge is -2.22. The van der Waals surface area contributed by atoms with Gasteiger partial charge in [0.2, 0.25) is 5.91 Å². The van der Waals surface area contributed by atoms with Gasteiger partial charge in [-0.15, -0.1) is 0 Å². The van der Waals surface area contributed by atoms with E-state index in [-0.39, 0.29) is 17.7 Å². The molecule has 0 radical (unpaired) electrons. The molecule has 0 spiro atoms. The lowest BCUT2D eigenvalue weighted by molar-refractivity contribution is -0.124. The van der Waals surface area contributed by atoms with Gasteiger partial charge in [-0.2, -0.15) is 0 Å². The van der Waals surface area contributed by atoms with E-state index < -0.39 is 6.04 Å². The smallest absolute Gasteiger partial charge is 0.255 e. The van der Waals surface area contributed by atoms with Crippen LogP contribution < -0.4 is 20.1 Å². The van der Waals surface area contributed by atoms with Gasteiger partial charge in [0.05, 0.1) is 19.2 Å². The minimum atomic E-state index is -0.681. The number of carbonyl (C=O) groups excluding carboxylic acids is 2. The maximum absolute atomic E-state index is 12.8. The maximum Gasteiger partial charge on any atom is 0.255 e. The first kappa shape index (κ1) is 23.9. The molecule has 0 aromatic heterocycles. The average Bonchev–Trinajstić information content (AvgIpc) is 2.85. The minimum Gasteiger partial charge on any atom is -0.496 e. The Balaban J connectivity index is 1.57. The topological polar surface area (TPSA) is 76.7 Å². The highest BCUT2D eigenvalue weighted by Crippen LogP contribution is 2.29. The number of para-hydroxylation sites is 2. The van der Waals surface area contributed by atoms with Crippen LogP contribution in [-0.4, -0.2) is 38.1 Å². The summed E-state index contributed by atoms with van der Waals surface area (Å²) in [6.45, 7) is 4.40. The molecular weight excluding hydrogens is 416 g/mol. The van der Waals surface area contributed by atoms with Crippen molar-refractivity contribution in [1.29, 1.82) is 0 Å². The van der Waals surface area contributed by atoms with Crippen LogP contribution >= 0.6 is 0 Å². The summed E-state index contributed by atoms with van der Waals surface area (Å²) in [5, 5.41) is 5.69. The normalized spacial score (nSPS) is 11.5. The molecule has 3 aromatic rings. The van der Waals surface area contributed by atoms with Gasteiger partial charge in [-0.3, -0.25) is 9.59 Å². The molecular formula is C27H30N2O4. The van der Waals surface area contributed by atoms with Crippen molar-refractivity contribution in [3.05, 3.63) is 84.4 Å². The Morgan fingerprint density at radius 3 is 2.18 bits per heavy atom. The van der Waals surface area contributed by atoms with Gasteiger partial charge in [-0.05, 0) is 29.7 Å². The van der Waals surface area contributed by atoms with Crippen molar-refractivity contribution in [2.45, 2.75) is 19.9 Å². The van der Waals surface area contributed by atoms with E-state index in [2.05, 4.69) is 10.6 Å². The van der Waals surface area contributed by atoms with Crippen molar-refractivity contribution in [3.8, 4) is 22.6 Å². The molecule has 3 aromatic carbocycles. The lowest BCUT2D eigenvalue weighted by Crippen LogP contribution is -2.50. The summed E-state index contributed by atoms with van der Waals surface area (Å²) in [6.07, 6.45) is 0. The van der Waals surface area contributed by atoms with E-state index in [0.717, 1.165) is 16.9 Å². The summed E-state index contributed by atoms with van der Waals surface area (Å²) in [7, 11) is 1.51. The van der Waals surface area contributed by atoms with Crippen LogP contribution in [0, 0.1) is 5.92 Å². The van der Waals surface area contributed by atoms with Gasteiger partial charge < -0.3 is 20.1 Å². The quantitative estimate of drug-likeness (QED) is 0.455. The third-order valence-corrected chi connectivity index (χ3v) is 5.22. The zero-order valence-electron chi connectivity index (χ0n) is 19.2. The predicted molar refractivity (Wildman–Crippen MR) is 129 cm³/mol. The molecule has 3 rings (SSSR count). The van der Waals surface area contributed by atoms with Gasteiger partial charge in [-0.1, -0.05) is 74.5 Å². The van der Waals surface area contributed by atoms with Crippen LogP contribution in [0.4, 0.5) is 0 Å². The second-order valence-corrected chi connectivity index (χ2v) is 7.90. The number of amides is 2. The minimum absolute atomic E-state index is 0.0941. The largest absolute Gasteiger partial charge is 0.496 e. The van der Waals surface area contributed by atoms with Crippen LogP contribution in [0.3, 0.4) is 0 Å². The number of methoxy groups -OCH3 is 1. The molecule has 0 saturated heterocycles. The highest BCUT2D eigenvalue weighted by molar-refractivity contribution is 5.99. The molecule has 33 heavy (non-hydrogen) atoms. The molecule has 6 nitrogen and oxygen atoms in total. The second-order valence-electron chi connectivity index (χ2n) is 7.90. The standard InChI is InChI=1S/C27H30N2O4/c1-19(2)25(29-26(30)22-14-8-9-15-23(22)32-3)27(31)28-17-18-33-24-16-10-7-13-21(24)20-11-5-4-6-12-20/h4-16,19,25H,17-18H2,1-3H3,(H,28,31)(H,29,30). The lowest BCUT2D eigenvalue weighted by atomic mass is 10.0. The first-order chi connectivity index (χ1) is 16.0. The van der Waals surface area contributed by atoms with Crippen molar-refractivity contribution in [2.24, 2.45) is 5.92 Å². The zero-order chi connectivity index (χ0) is 23.6. The van der Waals surface area contributed by atoms with Gasteiger partial charge in [-0.25, -0.2) is 0 Å². The molecule has 0 aliphatic carbocycles. The summed E-state index contributed by atoms with van der Waals surface area (Å²) in [5.41, 5.74) is 2.45. The molecule has 0 heterocycles. The Morgan fingerprint density at radius 1 is 0.848 bits per heavy atom. The molecule has 1 unspecified atom stereocenters. The van der Waals surface area contributed by atoms with Gasteiger partial charge in [0.15, 0.2) is 0 Å². The van der Waals surface area contributed by atoms with Gasteiger partial charge in [0.1, 0.15) is 24.1 Å². The van der Waals surface area contributed by atoms with Crippen molar-refractivity contribution >= 4 is 11.8 Å². The van der Waals surface area contributed by atoms with Crippen LogP contribution in [0.2, 0.25) is 0 Å². The van der Waals surface area contributed by atoms with Crippen LogP contribution in [0.1, 0.15) is 24.2 Å². The first-order valence-electron chi connectivity index (χ1n) is 11.0. The average molecular weight is 447 g/mol. The number of carbonyl (C=O) groups is 2. The van der Waals surface area contributed by atoms with E-state index in [1.165, 1.54) is 7.11 Å². The van der Waals surface area contributed by atoms with E-state index in [9.17, 15) is 9.59 Å². The first-order valence-corrected chi connectivity index (χ1v) is 11.0. The van der Waals surface area contributed by atoms with Gasteiger partial charge >= 0.3 is 0 Å². The molecule has 2 N–H and O–H groups in total. The Labute approximate surface area is 194 Å². The summed E-state index contributed by atoms with van der Waals surface area (Å²) < 4.78 is 11.2. The number of ether oxygens (including phenoxy) is 2. The summed E-state index contributed by atoms with van der Waals surface area (Å²) in [4.78, 5) is 25.5. The van der Waals surface area contributed by atoms with Crippen LogP contribution in [0.15, 0.2) is 78.9 Å². The fourth-order valence-corrected chi connectivity index (χ4v) is 3.48. The molecule has 0 saturated carbocycles. The van der Waals surface area contributed by atoms with E-state index >= 15 is 0 Å². The summed E-state index contributed by atoms with van der Waals surface area (Å²) in [5.74, 6) is 0.511. The number of rotatable bonds is 10. The number of hydrogen-bond donors (Lipinski definition) is 2. The van der Waals surface area contributed by atoms with Crippen LogP contribution in [-0.2, 0) is 4.79 Å². The third-order valence-electron chi connectivity index (χ3n) is 5.22. The Morgan fingerprint density at radius 2 is 1.48 bits per heavy atom. The van der Waals surface area contributed by atoms with E-state index in [1.54, 1.807) is 24.3 Å². The Kier molecular flexibility index (Phi) is 8.47. The highest BCUT2D eigenvalue weighted by Gasteiger charge is 2.25. The van der Waals surface area contributed by atoms with Crippen molar-refractivity contribution < 1.29 is 19.1 Å². The molecule has 172 valence electrons. The van der Waals surface area contributed by atoms with Crippen molar-refractivity contribution in [2.75, 3.05) is 20.3 Å². The number of hydrogen-bond acceptors (Lipinski definition) is 4. The van der Waals surface area contributed by atoms with Crippen molar-refractivity contribution in [1.82, 2.24) is 10.6 Å². The summed E-state index contributed by atoms with van der Waals surface area (Å²) in [6, 6.07) is 24.0. The molecule has 0 bridgehead atoms. The van der Waals surface area contributed by atoms with Crippen LogP contribution in [0.25, 0.3) is 11.1 Å². The fraction of sp³-hybridized carbons (Fsp3) is 0.259. The Hall–Kier alpha value is -3.80. The van der Waals surface area contributed by atoms with Crippen LogP contribution in [0.5, 0.6) is 11.5 Å². The second kappa shape index (κ2) is 11.7. The van der Waals surface area contributed by atoms with Gasteiger partial charge in [0, 0.05) is 5.56 Å². The fourth-order valence-electron chi connectivity index (χ4n) is 3.48. The third kappa shape index (κ3) is 6.35. The molecule has 1 atom stereocenters. The molecule has 0 aliphatic heterocycles. The molecule has 0 aliphatic rings. The van der Waals surface area contributed by atoms with E-state index in [4.69, 9.17) is 9.47 Å². The van der Waals surface area contributed by atoms with E-state index in [1.807, 2.05) is 68.4 Å². The number of benzene rings is 3. The SMILES string of the molecule is COc1ccccc1C(=O)NC(C(=O)NCCOc1ccccc1-c1ccccc1)C(C)C. The molecule has 0 fully saturated rings. The predicted octanol–water partition coefficient (Wildman–Crippen LogP) is 4.31. The molecule has 6 heteroatoms. The van der Waals surface area contributed by atoms with Gasteiger partial charge in [0.25, 0.3) is 5.91 Å².